The fourth-order valence-electron chi connectivity index (χ4n) is 3.93. The maximum absolute atomic E-state index is 13.3. The predicted octanol–water partition coefficient (Wildman–Crippen LogP) is 5.02. The minimum atomic E-state index is -0.734. The van der Waals surface area contributed by atoms with E-state index in [2.05, 4.69) is 28.9 Å². The lowest BCUT2D eigenvalue weighted by Crippen LogP contribution is -2.48. The minimum Gasteiger partial charge on any atom is -0.434 e. The van der Waals surface area contributed by atoms with Gasteiger partial charge in [0.2, 0.25) is 5.91 Å². The van der Waals surface area contributed by atoms with Gasteiger partial charge in [-0.3, -0.25) is 4.79 Å². The molecule has 0 saturated carbocycles. The largest absolute Gasteiger partial charge is 0.513 e. The number of para-hydroxylation sites is 1. The molecule has 1 aliphatic rings. The summed E-state index contributed by atoms with van der Waals surface area (Å²) >= 11 is 3.55. The highest BCUT2D eigenvalue weighted by Gasteiger charge is 2.30. The summed E-state index contributed by atoms with van der Waals surface area (Å²) in [5, 5.41) is 0. The number of benzene rings is 2. The number of rotatable bonds is 6. The Morgan fingerprint density at radius 1 is 1.25 bits per heavy atom. The first-order chi connectivity index (χ1) is 15.2. The van der Waals surface area contributed by atoms with E-state index in [1.54, 1.807) is 12.1 Å². The average Bonchev–Trinajstić information content (AvgIpc) is 2.73. The minimum absolute atomic E-state index is 0.0899. The molecule has 0 aliphatic carbocycles. The Hall–Kier alpha value is -2.38. The van der Waals surface area contributed by atoms with Gasteiger partial charge in [0.25, 0.3) is 0 Å². The van der Waals surface area contributed by atoms with Gasteiger partial charge in [0.05, 0.1) is 12.6 Å². The molecule has 0 saturated heterocycles. The number of nitrogens with zero attached hydrogens (tertiary/aromatic N) is 1. The monoisotopic (exact) mass is 502 g/mol. The quantitative estimate of drug-likeness (QED) is 0.442. The SMILES string of the molecule is Cc1cc(OC(=O)OCC(C)C)cc(Br)c1CC(N)C(=O)N1CC(C)Cc2ccccc21. The molecule has 6 nitrogen and oxygen atoms in total. The number of carbonyl (C=O) groups excluding carboxylic acids is 2. The molecule has 2 unspecified atom stereocenters. The second kappa shape index (κ2) is 10.5. The van der Waals surface area contributed by atoms with Crippen molar-refractivity contribution in [1.29, 1.82) is 0 Å². The highest BCUT2D eigenvalue weighted by atomic mass is 79.9. The van der Waals surface area contributed by atoms with Gasteiger partial charge >= 0.3 is 6.16 Å². The summed E-state index contributed by atoms with van der Waals surface area (Å²) in [6, 6.07) is 10.8. The van der Waals surface area contributed by atoms with Crippen molar-refractivity contribution < 1.29 is 19.1 Å². The zero-order valence-corrected chi connectivity index (χ0v) is 20.6. The Kier molecular flexibility index (Phi) is 7.96. The summed E-state index contributed by atoms with van der Waals surface area (Å²) in [7, 11) is 0. The zero-order chi connectivity index (χ0) is 23.4. The van der Waals surface area contributed by atoms with Crippen LogP contribution in [-0.4, -0.2) is 31.3 Å². The van der Waals surface area contributed by atoms with Gasteiger partial charge in [-0.15, -0.1) is 0 Å². The van der Waals surface area contributed by atoms with Gasteiger partial charge in [-0.25, -0.2) is 4.79 Å². The summed E-state index contributed by atoms with van der Waals surface area (Å²) in [5.41, 5.74) is 10.3. The van der Waals surface area contributed by atoms with Crippen LogP contribution in [0.15, 0.2) is 40.9 Å². The van der Waals surface area contributed by atoms with Crippen molar-refractivity contribution in [3.63, 3.8) is 0 Å². The number of ether oxygens (including phenoxy) is 2. The third kappa shape index (κ3) is 5.90. The van der Waals surface area contributed by atoms with Crippen LogP contribution in [0.3, 0.4) is 0 Å². The molecule has 32 heavy (non-hydrogen) atoms. The smallest absolute Gasteiger partial charge is 0.434 e. The van der Waals surface area contributed by atoms with E-state index in [0.717, 1.165) is 27.7 Å². The van der Waals surface area contributed by atoms with Crippen LogP contribution in [-0.2, 0) is 22.4 Å². The predicted molar refractivity (Wildman–Crippen MR) is 129 cm³/mol. The number of anilines is 1. The van der Waals surface area contributed by atoms with Gasteiger partial charge in [-0.2, -0.15) is 0 Å². The van der Waals surface area contributed by atoms with Gasteiger partial charge in [0.15, 0.2) is 0 Å². The van der Waals surface area contributed by atoms with Crippen molar-refractivity contribution >= 4 is 33.7 Å². The Bertz CT molecular complexity index is 969. The molecule has 0 spiro atoms. The highest BCUT2D eigenvalue weighted by Crippen LogP contribution is 2.31. The fourth-order valence-corrected chi connectivity index (χ4v) is 4.63. The third-order valence-corrected chi connectivity index (χ3v) is 6.19. The van der Waals surface area contributed by atoms with Crippen LogP contribution in [0.1, 0.15) is 37.5 Å². The van der Waals surface area contributed by atoms with Crippen LogP contribution in [0.4, 0.5) is 10.5 Å². The number of fused-ring (bicyclic) bond motifs is 1. The molecule has 172 valence electrons. The highest BCUT2D eigenvalue weighted by molar-refractivity contribution is 9.10. The van der Waals surface area contributed by atoms with E-state index in [4.69, 9.17) is 15.2 Å². The summed E-state index contributed by atoms with van der Waals surface area (Å²) in [5.74, 6) is 0.895. The first-order valence-electron chi connectivity index (χ1n) is 10.9. The van der Waals surface area contributed by atoms with E-state index >= 15 is 0 Å². The van der Waals surface area contributed by atoms with Crippen molar-refractivity contribution in [2.75, 3.05) is 18.1 Å². The molecule has 0 bridgehead atoms. The van der Waals surface area contributed by atoms with Crippen molar-refractivity contribution in [1.82, 2.24) is 0 Å². The van der Waals surface area contributed by atoms with E-state index < -0.39 is 12.2 Å². The molecule has 7 heteroatoms. The van der Waals surface area contributed by atoms with E-state index in [9.17, 15) is 9.59 Å². The molecular formula is C25H31BrN2O4. The molecule has 0 radical (unpaired) electrons. The van der Waals surface area contributed by atoms with Crippen molar-refractivity contribution in [3.8, 4) is 5.75 Å². The third-order valence-electron chi connectivity index (χ3n) is 5.48. The average molecular weight is 503 g/mol. The van der Waals surface area contributed by atoms with E-state index in [1.807, 2.05) is 43.9 Å². The zero-order valence-electron chi connectivity index (χ0n) is 19.1. The second-order valence-electron chi connectivity index (χ2n) is 8.95. The number of halogens is 1. The molecule has 0 fully saturated rings. The van der Waals surface area contributed by atoms with Crippen LogP contribution >= 0.6 is 15.9 Å². The molecule has 2 N–H and O–H groups in total. The summed E-state index contributed by atoms with van der Waals surface area (Å²) in [4.78, 5) is 27.0. The number of nitrogens with two attached hydrogens (primary N) is 1. The number of hydrogen-bond donors (Lipinski definition) is 1. The fraction of sp³-hybridized carbons (Fsp3) is 0.440. The molecule has 1 aliphatic heterocycles. The summed E-state index contributed by atoms with van der Waals surface area (Å²) in [6.45, 7) is 8.92. The number of carbonyl (C=O) groups is 2. The first-order valence-corrected chi connectivity index (χ1v) is 11.7. The lowest BCUT2D eigenvalue weighted by atomic mass is 9.92. The Morgan fingerprint density at radius 3 is 2.66 bits per heavy atom. The normalized spacial score (nSPS) is 16.5. The Balaban J connectivity index is 1.72. The Labute approximate surface area is 198 Å². The Morgan fingerprint density at radius 2 is 1.97 bits per heavy atom. The molecular weight excluding hydrogens is 472 g/mol. The molecule has 0 aromatic heterocycles. The summed E-state index contributed by atoms with van der Waals surface area (Å²) in [6.07, 6.45) is 0.597. The van der Waals surface area contributed by atoms with Gasteiger partial charge in [0.1, 0.15) is 5.75 Å². The van der Waals surface area contributed by atoms with Crippen LogP contribution in [0, 0.1) is 18.8 Å². The van der Waals surface area contributed by atoms with E-state index in [-0.39, 0.29) is 11.8 Å². The topological polar surface area (TPSA) is 81.9 Å². The van der Waals surface area contributed by atoms with Crippen LogP contribution < -0.4 is 15.4 Å². The molecule has 2 aromatic rings. The lowest BCUT2D eigenvalue weighted by molar-refractivity contribution is -0.120. The maximum atomic E-state index is 13.3. The molecule has 1 amide bonds. The number of hydrogen-bond acceptors (Lipinski definition) is 5. The summed E-state index contributed by atoms with van der Waals surface area (Å²) < 4.78 is 11.1. The van der Waals surface area contributed by atoms with Gasteiger partial charge in [-0.1, -0.05) is 54.9 Å². The molecule has 2 aromatic carbocycles. The van der Waals surface area contributed by atoms with Gasteiger partial charge in [-0.05, 0) is 66.5 Å². The van der Waals surface area contributed by atoms with Crippen LogP contribution in [0.2, 0.25) is 0 Å². The number of aryl methyl sites for hydroxylation is 1. The van der Waals surface area contributed by atoms with Crippen LogP contribution in [0.5, 0.6) is 5.75 Å². The standard InChI is InChI=1S/C25H31BrN2O4/c1-15(2)14-31-25(30)32-19-10-17(4)20(21(26)11-19)12-22(27)24(29)28-13-16(3)9-18-7-5-6-8-23(18)28/h5-8,10-11,15-16,22H,9,12-14,27H2,1-4H3. The first kappa shape index (κ1) is 24.3. The van der Waals surface area contributed by atoms with E-state index in [1.165, 1.54) is 5.56 Å². The molecule has 2 atom stereocenters. The second-order valence-corrected chi connectivity index (χ2v) is 9.81. The van der Waals surface area contributed by atoms with Crippen molar-refractivity contribution in [2.45, 2.75) is 46.6 Å². The van der Waals surface area contributed by atoms with Gasteiger partial charge in [0, 0.05) is 16.7 Å². The molecule has 3 rings (SSSR count). The van der Waals surface area contributed by atoms with Crippen molar-refractivity contribution in [3.05, 3.63) is 57.6 Å². The van der Waals surface area contributed by atoms with Gasteiger partial charge < -0.3 is 20.1 Å². The molecule has 1 heterocycles. The number of amides is 1. The van der Waals surface area contributed by atoms with Crippen molar-refractivity contribution in [2.24, 2.45) is 17.6 Å². The van der Waals surface area contributed by atoms with Crippen LogP contribution in [0.25, 0.3) is 0 Å². The van der Waals surface area contributed by atoms with E-state index in [0.29, 0.717) is 31.2 Å². The maximum Gasteiger partial charge on any atom is 0.513 e. The lowest BCUT2D eigenvalue weighted by Gasteiger charge is -2.34.